The normalized spacial score (nSPS) is 14.4. The molecule has 2 aromatic carbocycles. The van der Waals surface area contributed by atoms with Gasteiger partial charge >= 0.3 is 0 Å². The number of carbonyl (C=O) groups excluding carboxylic acids is 1. The van der Waals surface area contributed by atoms with Crippen molar-refractivity contribution in [2.75, 3.05) is 23.3 Å². The number of nitrogens with zero attached hydrogens (tertiary/aromatic N) is 3. The van der Waals surface area contributed by atoms with Crippen molar-refractivity contribution in [3.63, 3.8) is 0 Å². The summed E-state index contributed by atoms with van der Waals surface area (Å²) in [7, 11) is 0. The number of hydrogen-bond acceptors (Lipinski definition) is 5. The van der Waals surface area contributed by atoms with Crippen LogP contribution in [0.1, 0.15) is 24.0 Å². The van der Waals surface area contributed by atoms with Crippen LogP contribution in [0.4, 0.5) is 15.9 Å². The number of benzene rings is 2. The molecule has 1 fully saturated rings. The minimum Gasteiger partial charge on any atom is -0.436 e. The van der Waals surface area contributed by atoms with Gasteiger partial charge in [-0.3, -0.25) is 4.79 Å². The highest BCUT2D eigenvalue weighted by molar-refractivity contribution is 5.92. The summed E-state index contributed by atoms with van der Waals surface area (Å²) in [4.78, 5) is 23.6. The molecule has 7 heteroatoms. The average Bonchev–Trinajstić information content (AvgIpc) is 2.78. The average molecular weight is 420 g/mol. The van der Waals surface area contributed by atoms with Crippen molar-refractivity contribution >= 4 is 17.4 Å². The highest BCUT2D eigenvalue weighted by atomic mass is 19.1. The molecule has 1 aliphatic rings. The summed E-state index contributed by atoms with van der Waals surface area (Å²) < 4.78 is 19.7. The number of amides is 1. The van der Waals surface area contributed by atoms with Gasteiger partial charge in [0.15, 0.2) is 5.82 Å². The van der Waals surface area contributed by atoms with Crippen molar-refractivity contribution < 1.29 is 13.9 Å². The summed E-state index contributed by atoms with van der Waals surface area (Å²) in [6.45, 7) is 5.03. The summed E-state index contributed by atoms with van der Waals surface area (Å²) in [6.07, 6.45) is 4.58. The minimum absolute atomic E-state index is 0.0850. The van der Waals surface area contributed by atoms with Gasteiger partial charge in [-0.15, -0.1) is 0 Å². The largest absolute Gasteiger partial charge is 0.436 e. The van der Waals surface area contributed by atoms with Gasteiger partial charge in [-0.05, 0) is 56.5 Å². The minimum atomic E-state index is -0.323. The predicted octanol–water partition coefficient (Wildman–Crippen LogP) is 4.88. The van der Waals surface area contributed by atoms with Gasteiger partial charge in [0.25, 0.3) is 5.88 Å². The highest BCUT2D eigenvalue weighted by Crippen LogP contribution is 2.31. The first kappa shape index (κ1) is 20.8. The summed E-state index contributed by atoms with van der Waals surface area (Å²) in [5.74, 6) is 1.27. The van der Waals surface area contributed by atoms with Crippen LogP contribution in [0, 0.1) is 25.6 Å². The number of rotatable bonds is 5. The van der Waals surface area contributed by atoms with Gasteiger partial charge in [-0.1, -0.05) is 23.8 Å². The standard InChI is InChI=1S/C24H25FN4O2/c1-16-3-7-20(8-4-16)31-24-22(26-11-12-27-24)29-13-9-18(10-14-29)23(30)28-19-6-5-17(2)21(25)15-19/h3-8,11-12,15,18H,9-10,13-14H2,1-2H3,(H,28,30). The summed E-state index contributed by atoms with van der Waals surface area (Å²) in [6, 6.07) is 12.5. The third kappa shape index (κ3) is 4.99. The lowest BCUT2D eigenvalue weighted by molar-refractivity contribution is -0.120. The van der Waals surface area contributed by atoms with Crippen molar-refractivity contribution in [1.82, 2.24) is 9.97 Å². The van der Waals surface area contributed by atoms with Crippen LogP contribution in [0.5, 0.6) is 11.6 Å². The molecule has 0 radical (unpaired) electrons. The van der Waals surface area contributed by atoms with Crippen molar-refractivity contribution in [2.24, 2.45) is 5.92 Å². The highest BCUT2D eigenvalue weighted by Gasteiger charge is 2.27. The second kappa shape index (κ2) is 9.12. The molecule has 160 valence electrons. The Morgan fingerprint density at radius 2 is 1.77 bits per heavy atom. The maximum atomic E-state index is 13.7. The number of halogens is 1. The van der Waals surface area contributed by atoms with Crippen LogP contribution in [-0.2, 0) is 4.79 Å². The van der Waals surface area contributed by atoms with E-state index >= 15 is 0 Å². The van der Waals surface area contributed by atoms with Gasteiger partial charge < -0.3 is 15.0 Å². The van der Waals surface area contributed by atoms with Crippen molar-refractivity contribution in [1.29, 1.82) is 0 Å². The summed E-state index contributed by atoms with van der Waals surface area (Å²) in [5.41, 5.74) is 2.19. The molecule has 31 heavy (non-hydrogen) atoms. The molecule has 1 amide bonds. The lowest BCUT2D eigenvalue weighted by Gasteiger charge is -2.32. The second-order valence-electron chi connectivity index (χ2n) is 7.81. The van der Waals surface area contributed by atoms with Crippen LogP contribution >= 0.6 is 0 Å². The Hall–Kier alpha value is -3.48. The molecule has 1 saturated heterocycles. The molecule has 0 bridgehead atoms. The molecular formula is C24H25FN4O2. The second-order valence-corrected chi connectivity index (χ2v) is 7.81. The SMILES string of the molecule is Cc1ccc(Oc2nccnc2N2CCC(C(=O)Nc3ccc(C)c(F)c3)CC2)cc1. The van der Waals surface area contributed by atoms with E-state index in [2.05, 4.69) is 20.2 Å². The van der Waals surface area contributed by atoms with E-state index in [0.29, 0.717) is 54.6 Å². The monoisotopic (exact) mass is 420 g/mol. The first-order valence-electron chi connectivity index (χ1n) is 10.4. The van der Waals surface area contributed by atoms with Gasteiger partial charge in [0, 0.05) is 37.1 Å². The Balaban J connectivity index is 1.39. The molecule has 0 aliphatic carbocycles. The van der Waals surface area contributed by atoms with Crippen molar-refractivity contribution in [3.8, 4) is 11.6 Å². The fourth-order valence-corrected chi connectivity index (χ4v) is 3.59. The van der Waals surface area contributed by atoms with Gasteiger partial charge in [0.05, 0.1) is 0 Å². The fraction of sp³-hybridized carbons (Fsp3) is 0.292. The topological polar surface area (TPSA) is 67.4 Å². The fourth-order valence-electron chi connectivity index (χ4n) is 3.59. The zero-order valence-corrected chi connectivity index (χ0v) is 17.6. The predicted molar refractivity (Wildman–Crippen MR) is 118 cm³/mol. The molecule has 3 aromatic rings. The lowest BCUT2D eigenvalue weighted by atomic mass is 9.95. The Bertz CT molecular complexity index is 1060. The van der Waals surface area contributed by atoms with E-state index in [-0.39, 0.29) is 17.6 Å². The Kier molecular flexibility index (Phi) is 6.11. The Morgan fingerprint density at radius 1 is 1.06 bits per heavy atom. The molecular weight excluding hydrogens is 395 g/mol. The Labute approximate surface area is 181 Å². The molecule has 0 saturated carbocycles. The number of hydrogen-bond donors (Lipinski definition) is 1. The van der Waals surface area contributed by atoms with E-state index in [1.54, 1.807) is 31.5 Å². The zero-order chi connectivity index (χ0) is 21.8. The quantitative estimate of drug-likeness (QED) is 0.637. The number of nitrogens with one attached hydrogen (secondary N) is 1. The van der Waals surface area contributed by atoms with Crippen LogP contribution in [0.2, 0.25) is 0 Å². The van der Waals surface area contributed by atoms with E-state index in [4.69, 9.17) is 4.74 Å². The maximum Gasteiger partial charge on any atom is 0.263 e. The van der Waals surface area contributed by atoms with Crippen LogP contribution in [0.25, 0.3) is 0 Å². The number of aromatic nitrogens is 2. The van der Waals surface area contributed by atoms with Crippen LogP contribution in [-0.4, -0.2) is 29.0 Å². The molecule has 0 unspecified atom stereocenters. The van der Waals surface area contributed by atoms with E-state index in [0.717, 1.165) is 5.56 Å². The third-order valence-corrected chi connectivity index (χ3v) is 5.49. The van der Waals surface area contributed by atoms with Gasteiger partial charge in [-0.25, -0.2) is 14.4 Å². The number of aryl methyl sites for hydroxylation is 2. The van der Waals surface area contributed by atoms with Gasteiger partial charge in [-0.2, -0.15) is 0 Å². The lowest BCUT2D eigenvalue weighted by Crippen LogP contribution is -2.38. The van der Waals surface area contributed by atoms with Gasteiger partial charge in [0.1, 0.15) is 11.6 Å². The molecule has 2 heterocycles. The van der Waals surface area contributed by atoms with E-state index in [9.17, 15) is 9.18 Å². The first-order chi connectivity index (χ1) is 15.0. The number of anilines is 2. The third-order valence-electron chi connectivity index (χ3n) is 5.49. The van der Waals surface area contributed by atoms with E-state index < -0.39 is 0 Å². The Morgan fingerprint density at radius 3 is 2.48 bits per heavy atom. The summed E-state index contributed by atoms with van der Waals surface area (Å²) in [5, 5.41) is 2.83. The number of ether oxygens (including phenoxy) is 1. The first-order valence-corrected chi connectivity index (χ1v) is 10.4. The maximum absolute atomic E-state index is 13.7. The molecule has 1 aromatic heterocycles. The number of piperidine rings is 1. The summed E-state index contributed by atoms with van der Waals surface area (Å²) >= 11 is 0. The number of carbonyl (C=O) groups is 1. The van der Waals surface area contributed by atoms with E-state index in [1.807, 2.05) is 31.2 Å². The molecule has 4 rings (SSSR count). The van der Waals surface area contributed by atoms with Gasteiger partial charge in [0.2, 0.25) is 5.91 Å². The molecule has 1 N–H and O–H groups in total. The van der Waals surface area contributed by atoms with Crippen LogP contribution < -0.4 is 15.0 Å². The molecule has 1 aliphatic heterocycles. The zero-order valence-electron chi connectivity index (χ0n) is 17.6. The van der Waals surface area contributed by atoms with E-state index in [1.165, 1.54) is 6.07 Å². The molecule has 0 atom stereocenters. The molecule has 0 spiro atoms. The van der Waals surface area contributed by atoms with Crippen LogP contribution in [0.3, 0.4) is 0 Å². The van der Waals surface area contributed by atoms with Crippen molar-refractivity contribution in [3.05, 3.63) is 71.8 Å². The van der Waals surface area contributed by atoms with Crippen LogP contribution in [0.15, 0.2) is 54.9 Å². The van der Waals surface area contributed by atoms with Crippen molar-refractivity contribution in [2.45, 2.75) is 26.7 Å². The molecule has 6 nitrogen and oxygen atoms in total. The smallest absolute Gasteiger partial charge is 0.263 e.